The van der Waals surface area contributed by atoms with Crippen LogP contribution in [0, 0.1) is 5.41 Å². The van der Waals surface area contributed by atoms with Crippen LogP contribution in [0.3, 0.4) is 0 Å². The van der Waals surface area contributed by atoms with Gasteiger partial charge in [0.25, 0.3) is 0 Å². The van der Waals surface area contributed by atoms with Gasteiger partial charge in [0.15, 0.2) is 11.1 Å². The number of nitrogens with zero attached hydrogens (tertiary/aromatic N) is 3. The lowest BCUT2D eigenvalue weighted by atomic mass is 9.83. The van der Waals surface area contributed by atoms with Gasteiger partial charge in [-0.2, -0.15) is 0 Å². The van der Waals surface area contributed by atoms with Gasteiger partial charge in [0.1, 0.15) is 0 Å². The molecule has 25 heavy (non-hydrogen) atoms. The highest BCUT2D eigenvalue weighted by molar-refractivity contribution is 7.13. The van der Waals surface area contributed by atoms with E-state index in [1.54, 1.807) is 11.3 Å². The molecule has 0 radical (unpaired) electrons. The summed E-state index contributed by atoms with van der Waals surface area (Å²) >= 11 is 1.78. The van der Waals surface area contributed by atoms with Gasteiger partial charge in [0.05, 0.1) is 5.69 Å². The van der Waals surface area contributed by atoms with E-state index in [2.05, 4.69) is 32.8 Å². The van der Waals surface area contributed by atoms with E-state index in [1.165, 1.54) is 68.9 Å². The summed E-state index contributed by atoms with van der Waals surface area (Å²) in [6.45, 7) is 6.58. The molecule has 0 spiro atoms. The normalized spacial score (nSPS) is 20.2. The number of guanidine groups is 1. The van der Waals surface area contributed by atoms with Crippen LogP contribution in [0.4, 0.5) is 5.13 Å². The monoisotopic (exact) mass is 363 g/mol. The molecule has 1 aromatic rings. The largest absolute Gasteiger partial charge is 0.356 e. The molecule has 1 saturated heterocycles. The van der Waals surface area contributed by atoms with Crippen molar-refractivity contribution in [3.05, 3.63) is 11.1 Å². The molecule has 6 heteroatoms. The first-order chi connectivity index (χ1) is 12.2. The molecule has 1 aliphatic heterocycles. The highest BCUT2D eigenvalue weighted by Crippen LogP contribution is 2.40. The van der Waals surface area contributed by atoms with Crippen molar-refractivity contribution in [3.8, 4) is 0 Å². The minimum absolute atomic E-state index is 0.483. The molecule has 2 aliphatic rings. The third-order valence-electron chi connectivity index (χ3n) is 5.86. The molecule has 2 fully saturated rings. The van der Waals surface area contributed by atoms with E-state index < -0.39 is 0 Å². The number of thiazole rings is 1. The molecule has 1 aliphatic carbocycles. The fraction of sp³-hybridized carbons (Fsp3) is 0.789. The minimum Gasteiger partial charge on any atom is -0.356 e. The fourth-order valence-corrected chi connectivity index (χ4v) is 4.96. The molecule has 0 unspecified atom stereocenters. The quantitative estimate of drug-likeness (QED) is 0.576. The lowest BCUT2D eigenvalue weighted by molar-refractivity contribution is 0.283. The predicted molar refractivity (Wildman–Crippen MR) is 108 cm³/mol. The predicted octanol–water partition coefficient (Wildman–Crippen LogP) is 3.42. The van der Waals surface area contributed by atoms with Crippen LogP contribution in [-0.4, -0.2) is 44.2 Å². The number of hydrogen-bond donors (Lipinski definition) is 2. The molecular weight excluding hydrogens is 330 g/mol. The maximum absolute atomic E-state index is 4.79. The smallest absolute Gasteiger partial charge is 0.191 e. The number of anilines is 1. The van der Waals surface area contributed by atoms with Crippen LogP contribution in [0.1, 0.15) is 57.6 Å². The van der Waals surface area contributed by atoms with Gasteiger partial charge in [-0.1, -0.05) is 19.8 Å². The van der Waals surface area contributed by atoms with Crippen molar-refractivity contribution in [2.24, 2.45) is 10.4 Å². The minimum atomic E-state index is 0.483. The van der Waals surface area contributed by atoms with Crippen LogP contribution in [0.2, 0.25) is 0 Å². The van der Waals surface area contributed by atoms with Crippen LogP contribution in [-0.2, 0) is 6.42 Å². The first kappa shape index (κ1) is 18.5. The topological polar surface area (TPSA) is 52.6 Å². The first-order valence-corrected chi connectivity index (χ1v) is 10.8. The third kappa shape index (κ3) is 4.87. The highest BCUT2D eigenvalue weighted by atomic mass is 32.1. The van der Waals surface area contributed by atoms with Crippen molar-refractivity contribution >= 4 is 22.4 Å². The maximum atomic E-state index is 4.79. The second kappa shape index (κ2) is 8.88. The molecule has 1 saturated carbocycles. The zero-order chi connectivity index (χ0) is 17.5. The molecule has 5 nitrogen and oxygen atoms in total. The summed E-state index contributed by atoms with van der Waals surface area (Å²) in [6, 6.07) is 0. The van der Waals surface area contributed by atoms with Crippen LogP contribution in [0.15, 0.2) is 10.4 Å². The van der Waals surface area contributed by atoms with Gasteiger partial charge in [-0.25, -0.2) is 4.98 Å². The van der Waals surface area contributed by atoms with Crippen LogP contribution in [0.25, 0.3) is 0 Å². The van der Waals surface area contributed by atoms with Crippen molar-refractivity contribution < 1.29 is 0 Å². The van der Waals surface area contributed by atoms with Gasteiger partial charge in [-0.3, -0.25) is 4.99 Å². The fourth-order valence-electron chi connectivity index (χ4n) is 4.05. The van der Waals surface area contributed by atoms with Gasteiger partial charge in [-0.15, -0.1) is 11.3 Å². The molecule has 1 aromatic heterocycles. The zero-order valence-corrected chi connectivity index (χ0v) is 16.6. The molecule has 0 atom stereocenters. The number of rotatable bonds is 7. The Morgan fingerprint density at radius 3 is 2.68 bits per heavy atom. The summed E-state index contributed by atoms with van der Waals surface area (Å²) in [4.78, 5) is 11.6. The Hall–Kier alpha value is -1.30. The van der Waals surface area contributed by atoms with Crippen LogP contribution < -0.4 is 15.5 Å². The van der Waals surface area contributed by atoms with E-state index in [1.807, 2.05) is 7.05 Å². The first-order valence-electron chi connectivity index (χ1n) is 9.88. The number of aromatic nitrogens is 1. The summed E-state index contributed by atoms with van der Waals surface area (Å²) in [5.74, 6) is 0.926. The second-order valence-corrected chi connectivity index (χ2v) is 8.32. The number of aliphatic imine (C=N–C) groups is 1. The third-order valence-corrected chi connectivity index (χ3v) is 6.81. The standard InChI is InChI=1S/C19H33N5S/c1-3-19(9-4-5-10-19)15-22-17(20-2)21-11-8-16-14-25-18(23-16)24-12-6-7-13-24/h14H,3-13,15H2,1-2H3,(H2,20,21,22). The van der Waals surface area contributed by atoms with Crippen molar-refractivity contribution in [2.45, 2.75) is 58.3 Å². The Kier molecular flexibility index (Phi) is 6.57. The van der Waals surface area contributed by atoms with Crippen molar-refractivity contribution in [1.82, 2.24) is 15.6 Å². The second-order valence-electron chi connectivity index (χ2n) is 7.48. The Bertz CT molecular complexity index is 556. The summed E-state index contributed by atoms with van der Waals surface area (Å²) < 4.78 is 0. The molecular formula is C19H33N5S. The number of nitrogens with one attached hydrogen (secondary N) is 2. The SMILES string of the molecule is CCC1(CNC(=NC)NCCc2csc(N3CCCC3)n2)CCCC1. The van der Waals surface area contributed by atoms with Gasteiger partial charge >= 0.3 is 0 Å². The molecule has 2 heterocycles. The van der Waals surface area contributed by atoms with E-state index in [-0.39, 0.29) is 0 Å². The van der Waals surface area contributed by atoms with Crippen molar-refractivity contribution in [3.63, 3.8) is 0 Å². The Morgan fingerprint density at radius 1 is 1.24 bits per heavy atom. The summed E-state index contributed by atoms with van der Waals surface area (Å²) in [6.07, 6.45) is 10.3. The van der Waals surface area contributed by atoms with E-state index >= 15 is 0 Å². The Labute approximate surface area is 156 Å². The lowest BCUT2D eigenvalue weighted by Gasteiger charge is -2.28. The van der Waals surface area contributed by atoms with E-state index in [4.69, 9.17) is 4.98 Å². The maximum Gasteiger partial charge on any atom is 0.191 e. The van der Waals surface area contributed by atoms with E-state index in [9.17, 15) is 0 Å². The lowest BCUT2D eigenvalue weighted by Crippen LogP contribution is -2.43. The summed E-state index contributed by atoms with van der Waals surface area (Å²) in [5.41, 5.74) is 1.67. The van der Waals surface area contributed by atoms with Gasteiger partial charge < -0.3 is 15.5 Å². The highest BCUT2D eigenvalue weighted by Gasteiger charge is 2.31. The molecule has 3 rings (SSSR count). The van der Waals surface area contributed by atoms with Gasteiger partial charge in [-0.05, 0) is 37.5 Å². The summed E-state index contributed by atoms with van der Waals surface area (Å²) in [7, 11) is 1.86. The average Bonchev–Trinajstić information content (AvgIpc) is 3.39. The van der Waals surface area contributed by atoms with Crippen LogP contribution >= 0.6 is 11.3 Å². The zero-order valence-electron chi connectivity index (χ0n) is 15.8. The Morgan fingerprint density at radius 2 is 2.00 bits per heavy atom. The van der Waals surface area contributed by atoms with Gasteiger partial charge in [0.2, 0.25) is 0 Å². The Balaban J connectivity index is 1.41. The molecule has 0 aromatic carbocycles. The van der Waals surface area contributed by atoms with Crippen LogP contribution in [0.5, 0.6) is 0 Å². The molecule has 0 amide bonds. The number of hydrogen-bond acceptors (Lipinski definition) is 4. The van der Waals surface area contributed by atoms with E-state index in [0.29, 0.717) is 5.41 Å². The molecule has 2 N–H and O–H groups in total. The van der Waals surface area contributed by atoms with Crippen molar-refractivity contribution in [2.75, 3.05) is 38.1 Å². The van der Waals surface area contributed by atoms with Crippen molar-refractivity contribution in [1.29, 1.82) is 0 Å². The van der Waals surface area contributed by atoms with Gasteiger partial charge in [0, 0.05) is 45.0 Å². The summed E-state index contributed by atoms with van der Waals surface area (Å²) in [5, 5.41) is 10.4. The average molecular weight is 364 g/mol. The molecule has 0 bridgehead atoms. The molecule has 140 valence electrons. The van der Waals surface area contributed by atoms with E-state index in [0.717, 1.165) is 25.5 Å².